The summed E-state index contributed by atoms with van der Waals surface area (Å²) in [5, 5.41) is 5.48. The summed E-state index contributed by atoms with van der Waals surface area (Å²) in [4.78, 5) is 6.92. The molecule has 0 unspecified atom stereocenters. The van der Waals surface area contributed by atoms with E-state index in [-0.39, 0.29) is 0 Å². The van der Waals surface area contributed by atoms with Crippen LogP contribution in [-0.2, 0) is 0 Å². The first-order chi connectivity index (χ1) is 14.0. The van der Waals surface area contributed by atoms with Crippen LogP contribution in [0.25, 0.3) is 5.69 Å². The van der Waals surface area contributed by atoms with Crippen LogP contribution < -0.4 is 4.74 Å². The third kappa shape index (κ3) is 4.57. The van der Waals surface area contributed by atoms with E-state index in [1.807, 2.05) is 50.6 Å². The summed E-state index contributed by atoms with van der Waals surface area (Å²) < 4.78 is 7.73. The van der Waals surface area contributed by atoms with Gasteiger partial charge in [-0.25, -0.2) is 9.67 Å². The number of hydrogen-bond acceptors (Lipinski definition) is 3. The Kier molecular flexibility index (Phi) is 5.79. The van der Waals surface area contributed by atoms with Gasteiger partial charge in [0.2, 0.25) is 5.88 Å². The van der Waals surface area contributed by atoms with Crippen LogP contribution in [0.2, 0.25) is 10.0 Å². The minimum atomic E-state index is 0.485. The zero-order chi connectivity index (χ0) is 20.4. The van der Waals surface area contributed by atoms with E-state index in [1.165, 1.54) is 12.8 Å². The lowest BCUT2D eigenvalue weighted by Crippen LogP contribution is -2.16. The molecule has 0 bridgehead atoms. The number of halogens is 2. The van der Waals surface area contributed by atoms with Gasteiger partial charge in [0.1, 0.15) is 5.75 Å². The Morgan fingerprint density at radius 1 is 1.00 bits per heavy atom. The zero-order valence-electron chi connectivity index (χ0n) is 16.4. The largest absolute Gasteiger partial charge is 0.437 e. The predicted octanol–water partition coefficient (Wildman–Crippen LogP) is 6.34. The SMILES string of the molecule is Cc1cc(Oc2ccn(-c3ccc(Cl)c(Cl)c3)n2)c(C)cc1N=CN1CCCC1. The number of ether oxygens (including phenoxy) is 1. The van der Waals surface area contributed by atoms with Crippen molar-refractivity contribution in [2.75, 3.05) is 13.1 Å². The van der Waals surface area contributed by atoms with E-state index in [4.69, 9.17) is 27.9 Å². The highest BCUT2D eigenvalue weighted by molar-refractivity contribution is 6.42. The number of likely N-dealkylation sites (tertiary alicyclic amines) is 1. The third-order valence-corrected chi connectivity index (χ3v) is 5.68. The van der Waals surface area contributed by atoms with Gasteiger partial charge in [0, 0.05) is 25.4 Å². The minimum absolute atomic E-state index is 0.485. The molecule has 1 aromatic heterocycles. The number of nitrogens with zero attached hydrogens (tertiary/aromatic N) is 4. The number of rotatable bonds is 5. The summed E-state index contributed by atoms with van der Waals surface area (Å²) in [6.45, 7) is 6.23. The molecule has 0 amide bonds. The van der Waals surface area contributed by atoms with Crippen LogP contribution in [0.3, 0.4) is 0 Å². The van der Waals surface area contributed by atoms with Gasteiger partial charge in [-0.2, -0.15) is 0 Å². The van der Waals surface area contributed by atoms with E-state index in [1.54, 1.807) is 16.8 Å². The number of hydrogen-bond donors (Lipinski definition) is 0. The topological polar surface area (TPSA) is 42.6 Å². The van der Waals surface area contributed by atoms with Gasteiger partial charge in [0.15, 0.2) is 0 Å². The molecule has 0 saturated carbocycles. The van der Waals surface area contributed by atoms with Crippen LogP contribution in [0.15, 0.2) is 47.6 Å². The molecule has 0 radical (unpaired) electrons. The molecule has 1 aliphatic heterocycles. The molecule has 7 heteroatoms. The van der Waals surface area contributed by atoms with Gasteiger partial charge in [0.05, 0.1) is 27.8 Å². The van der Waals surface area contributed by atoms with Crippen molar-refractivity contribution in [3.63, 3.8) is 0 Å². The monoisotopic (exact) mass is 428 g/mol. The first-order valence-electron chi connectivity index (χ1n) is 9.58. The lowest BCUT2D eigenvalue weighted by molar-refractivity contribution is 0.454. The van der Waals surface area contributed by atoms with Crippen LogP contribution in [0.5, 0.6) is 11.6 Å². The van der Waals surface area contributed by atoms with Crippen molar-refractivity contribution in [2.24, 2.45) is 4.99 Å². The highest BCUT2D eigenvalue weighted by Crippen LogP contribution is 2.31. The molecule has 1 saturated heterocycles. The van der Waals surface area contributed by atoms with E-state index >= 15 is 0 Å². The van der Waals surface area contributed by atoms with E-state index in [2.05, 4.69) is 15.0 Å². The van der Waals surface area contributed by atoms with Crippen molar-refractivity contribution in [1.82, 2.24) is 14.7 Å². The van der Waals surface area contributed by atoms with Gasteiger partial charge >= 0.3 is 0 Å². The van der Waals surface area contributed by atoms with Gasteiger partial charge in [0.25, 0.3) is 0 Å². The maximum atomic E-state index is 6.10. The Bertz CT molecular complexity index is 1050. The molecule has 150 valence electrons. The second-order valence-corrected chi connectivity index (χ2v) is 8.01. The molecule has 0 N–H and O–H groups in total. The highest BCUT2D eigenvalue weighted by Gasteiger charge is 2.11. The summed E-state index contributed by atoms with van der Waals surface area (Å²) in [5.41, 5.74) is 3.84. The number of benzene rings is 2. The van der Waals surface area contributed by atoms with Crippen LogP contribution in [0.4, 0.5) is 5.69 Å². The van der Waals surface area contributed by atoms with Gasteiger partial charge in [-0.1, -0.05) is 23.2 Å². The maximum absolute atomic E-state index is 6.10. The van der Waals surface area contributed by atoms with Crippen LogP contribution in [-0.4, -0.2) is 34.1 Å². The molecule has 29 heavy (non-hydrogen) atoms. The van der Waals surface area contributed by atoms with Crippen LogP contribution in [0, 0.1) is 13.8 Å². The molecule has 1 aliphatic rings. The summed E-state index contributed by atoms with van der Waals surface area (Å²) in [6, 6.07) is 11.2. The first-order valence-corrected chi connectivity index (χ1v) is 10.3. The van der Waals surface area contributed by atoms with E-state index in [9.17, 15) is 0 Å². The molecule has 5 nitrogen and oxygen atoms in total. The van der Waals surface area contributed by atoms with Crippen molar-refractivity contribution < 1.29 is 4.74 Å². The number of aliphatic imine (C=N–C) groups is 1. The maximum Gasteiger partial charge on any atom is 0.238 e. The first kappa shape index (κ1) is 19.8. The fourth-order valence-electron chi connectivity index (χ4n) is 3.27. The summed E-state index contributed by atoms with van der Waals surface area (Å²) >= 11 is 12.1. The van der Waals surface area contributed by atoms with E-state index in [0.717, 1.165) is 41.3 Å². The Balaban J connectivity index is 1.51. The predicted molar refractivity (Wildman–Crippen MR) is 119 cm³/mol. The summed E-state index contributed by atoms with van der Waals surface area (Å²) in [5.74, 6) is 1.27. The average molecular weight is 429 g/mol. The van der Waals surface area contributed by atoms with Crippen molar-refractivity contribution >= 4 is 35.2 Å². The molecule has 2 heterocycles. The standard InChI is InChI=1S/C22H22Cl2N4O/c1-15-12-21(16(2)11-20(15)25-14-27-8-3-4-9-27)29-22-7-10-28(26-22)17-5-6-18(23)19(24)13-17/h5-7,10-14H,3-4,8-9H2,1-2H3. The van der Waals surface area contributed by atoms with E-state index < -0.39 is 0 Å². The molecular weight excluding hydrogens is 407 g/mol. The van der Waals surface area contributed by atoms with Crippen LogP contribution >= 0.6 is 23.2 Å². The van der Waals surface area contributed by atoms with Crippen molar-refractivity contribution in [3.05, 3.63) is 63.8 Å². The molecule has 0 atom stereocenters. The number of aryl methyl sites for hydroxylation is 2. The highest BCUT2D eigenvalue weighted by atomic mass is 35.5. The van der Waals surface area contributed by atoms with Crippen molar-refractivity contribution in [3.8, 4) is 17.3 Å². The smallest absolute Gasteiger partial charge is 0.238 e. The molecule has 4 rings (SSSR count). The second-order valence-electron chi connectivity index (χ2n) is 7.19. The minimum Gasteiger partial charge on any atom is -0.437 e. The Morgan fingerprint density at radius 2 is 1.79 bits per heavy atom. The number of aromatic nitrogens is 2. The molecule has 3 aromatic rings. The lowest BCUT2D eigenvalue weighted by atomic mass is 10.1. The zero-order valence-corrected chi connectivity index (χ0v) is 17.9. The van der Waals surface area contributed by atoms with Gasteiger partial charge < -0.3 is 9.64 Å². The molecule has 2 aromatic carbocycles. The van der Waals surface area contributed by atoms with Gasteiger partial charge in [-0.05, 0) is 68.1 Å². The fraction of sp³-hybridized carbons (Fsp3) is 0.273. The molecule has 1 fully saturated rings. The quantitative estimate of drug-likeness (QED) is 0.351. The van der Waals surface area contributed by atoms with Crippen molar-refractivity contribution in [2.45, 2.75) is 26.7 Å². The molecule has 0 aliphatic carbocycles. The average Bonchev–Trinajstić information content (AvgIpc) is 3.37. The van der Waals surface area contributed by atoms with Gasteiger partial charge in [-0.3, -0.25) is 0 Å². The molecule has 0 spiro atoms. The second kappa shape index (κ2) is 8.47. The van der Waals surface area contributed by atoms with Gasteiger partial charge in [-0.15, -0.1) is 5.10 Å². The third-order valence-electron chi connectivity index (χ3n) is 4.94. The summed E-state index contributed by atoms with van der Waals surface area (Å²) in [7, 11) is 0. The normalized spacial score (nSPS) is 14.1. The summed E-state index contributed by atoms with van der Waals surface area (Å²) in [6.07, 6.45) is 6.26. The lowest BCUT2D eigenvalue weighted by Gasteiger charge is -2.12. The molecular formula is C22H22Cl2N4O. The van der Waals surface area contributed by atoms with Crippen LogP contribution in [0.1, 0.15) is 24.0 Å². The fourth-order valence-corrected chi connectivity index (χ4v) is 3.56. The Hall–Kier alpha value is -2.50. The Labute approximate surface area is 180 Å². The van der Waals surface area contributed by atoms with E-state index in [0.29, 0.717) is 15.9 Å². The van der Waals surface area contributed by atoms with Crippen molar-refractivity contribution in [1.29, 1.82) is 0 Å². The Morgan fingerprint density at radius 3 is 2.55 bits per heavy atom.